The molecule has 2 aromatic heterocycles. The smallest absolute Gasteiger partial charge is 0.317 e. The van der Waals surface area contributed by atoms with E-state index in [1.807, 2.05) is 4.90 Å². The number of piperazine rings is 1. The molecule has 2 saturated heterocycles. The highest BCUT2D eigenvalue weighted by molar-refractivity contribution is 5.84. The lowest BCUT2D eigenvalue weighted by Gasteiger charge is -2.36. The number of halogens is 2. The van der Waals surface area contributed by atoms with Crippen LogP contribution in [0.4, 0.5) is 25.3 Å². The second kappa shape index (κ2) is 12.6. The standard InChI is InChI=1S/C26H33F2N9O4/c1-17(24(39)35-7-9-36(10-8-35)26(40)29-6-13-38)30-25-32-20(34-11-14-41-15-12-34)16-21(33-25)37-19-5-3-2-4-18(19)31-23(37)22(27)28/h2-5,16-17,22,38H,6-15H2,1H3,(H,29,40)(H,30,32,33)/t17-/m0/s1. The van der Waals surface area contributed by atoms with E-state index in [9.17, 15) is 18.4 Å². The number of morpholine rings is 1. The van der Waals surface area contributed by atoms with Gasteiger partial charge < -0.3 is 35.2 Å². The highest BCUT2D eigenvalue weighted by Crippen LogP contribution is 2.29. The number of rotatable bonds is 8. The molecule has 15 heteroatoms. The maximum atomic E-state index is 14.1. The molecule has 0 spiro atoms. The van der Waals surface area contributed by atoms with E-state index in [2.05, 4.69) is 25.6 Å². The molecule has 0 unspecified atom stereocenters. The summed E-state index contributed by atoms with van der Waals surface area (Å²) in [6, 6.07) is 7.47. The molecule has 3 aromatic rings. The van der Waals surface area contributed by atoms with Crippen LogP contribution in [0.25, 0.3) is 16.9 Å². The van der Waals surface area contributed by atoms with Gasteiger partial charge in [0.15, 0.2) is 5.82 Å². The molecular weight excluding hydrogens is 540 g/mol. The van der Waals surface area contributed by atoms with Crippen LogP contribution in [0.1, 0.15) is 19.2 Å². The third-order valence-electron chi connectivity index (χ3n) is 7.03. The molecule has 3 N–H and O–H groups in total. The summed E-state index contributed by atoms with van der Waals surface area (Å²) in [6.45, 7) is 5.22. The van der Waals surface area contributed by atoms with Crippen molar-refractivity contribution in [1.82, 2.24) is 34.6 Å². The number of aromatic nitrogens is 4. The van der Waals surface area contributed by atoms with Crippen LogP contribution in [0.15, 0.2) is 30.3 Å². The molecule has 220 valence electrons. The van der Waals surface area contributed by atoms with Crippen molar-refractivity contribution in [3.8, 4) is 5.82 Å². The van der Waals surface area contributed by atoms with Crippen molar-refractivity contribution >= 4 is 34.7 Å². The number of nitrogens with one attached hydrogen (secondary N) is 2. The number of imidazole rings is 1. The number of benzene rings is 1. The van der Waals surface area contributed by atoms with Gasteiger partial charge in [0.05, 0.1) is 30.9 Å². The van der Waals surface area contributed by atoms with Crippen molar-refractivity contribution < 1.29 is 28.2 Å². The maximum Gasteiger partial charge on any atom is 0.317 e. The minimum absolute atomic E-state index is 0.116. The third-order valence-corrected chi connectivity index (χ3v) is 7.03. The van der Waals surface area contributed by atoms with Crippen LogP contribution >= 0.6 is 0 Å². The van der Waals surface area contributed by atoms with E-state index < -0.39 is 18.3 Å². The Hall–Kier alpha value is -4.11. The number of carbonyl (C=O) groups excluding carboxylic acids is 2. The van der Waals surface area contributed by atoms with Gasteiger partial charge in [-0.1, -0.05) is 12.1 Å². The van der Waals surface area contributed by atoms with Crippen molar-refractivity contribution in [2.45, 2.75) is 19.4 Å². The summed E-state index contributed by atoms with van der Waals surface area (Å²) in [4.78, 5) is 44.0. The fourth-order valence-corrected chi connectivity index (χ4v) is 4.92. The zero-order chi connectivity index (χ0) is 28.9. The normalized spacial score (nSPS) is 16.8. The van der Waals surface area contributed by atoms with E-state index in [-0.39, 0.29) is 36.9 Å². The van der Waals surface area contributed by atoms with Crippen LogP contribution in [0.3, 0.4) is 0 Å². The Bertz CT molecular complexity index is 1370. The monoisotopic (exact) mass is 573 g/mol. The number of urea groups is 1. The molecule has 0 radical (unpaired) electrons. The van der Waals surface area contributed by atoms with Crippen molar-refractivity contribution in [3.05, 3.63) is 36.2 Å². The SMILES string of the molecule is C[C@H](Nc1nc(N2CCOCC2)cc(-n2c(C(F)F)nc3ccccc32)n1)C(=O)N1CCN(C(=O)NCCO)CC1. The number of nitrogens with zero attached hydrogens (tertiary/aromatic N) is 7. The number of para-hydroxylation sites is 2. The fourth-order valence-electron chi connectivity index (χ4n) is 4.92. The zero-order valence-electron chi connectivity index (χ0n) is 22.7. The molecule has 13 nitrogen and oxygen atoms in total. The number of hydrogen-bond donors (Lipinski definition) is 3. The van der Waals surface area contributed by atoms with Crippen molar-refractivity contribution in [2.24, 2.45) is 0 Å². The molecule has 4 heterocycles. The molecule has 2 aliphatic heterocycles. The van der Waals surface area contributed by atoms with E-state index >= 15 is 0 Å². The van der Waals surface area contributed by atoms with Crippen molar-refractivity contribution in [1.29, 1.82) is 0 Å². The minimum Gasteiger partial charge on any atom is -0.395 e. The average Bonchev–Trinajstić information content (AvgIpc) is 3.40. The highest BCUT2D eigenvalue weighted by atomic mass is 19.3. The van der Waals surface area contributed by atoms with Crippen LogP contribution in [0.2, 0.25) is 0 Å². The van der Waals surface area contributed by atoms with Gasteiger partial charge in [0.25, 0.3) is 6.43 Å². The molecular formula is C26H33F2N9O4. The first-order valence-corrected chi connectivity index (χ1v) is 13.5. The second-order valence-electron chi connectivity index (χ2n) is 9.74. The van der Waals surface area contributed by atoms with Crippen molar-refractivity contribution in [3.63, 3.8) is 0 Å². The first-order valence-electron chi connectivity index (χ1n) is 13.5. The number of aliphatic hydroxyl groups is 1. The topological polar surface area (TPSA) is 141 Å². The number of hydrogen-bond acceptors (Lipinski definition) is 9. The molecule has 1 aromatic carbocycles. The number of alkyl halides is 2. The van der Waals surface area contributed by atoms with E-state index in [0.29, 0.717) is 69.3 Å². The number of ether oxygens (including phenoxy) is 1. The maximum absolute atomic E-state index is 14.1. The van der Waals surface area contributed by atoms with Gasteiger partial charge >= 0.3 is 6.03 Å². The average molecular weight is 574 g/mol. The molecule has 3 amide bonds. The van der Waals surface area contributed by atoms with Gasteiger partial charge in [-0.25, -0.2) is 18.6 Å². The summed E-state index contributed by atoms with van der Waals surface area (Å²) in [5.41, 5.74) is 0.891. The summed E-state index contributed by atoms with van der Waals surface area (Å²) in [7, 11) is 0. The Labute approximate surface area is 235 Å². The van der Waals surface area contributed by atoms with Gasteiger partial charge in [-0.2, -0.15) is 9.97 Å². The Kier molecular flexibility index (Phi) is 8.73. The Morgan fingerprint density at radius 2 is 1.68 bits per heavy atom. The summed E-state index contributed by atoms with van der Waals surface area (Å²) in [6.07, 6.45) is -2.84. The third kappa shape index (κ3) is 6.30. The van der Waals surface area contributed by atoms with Crippen LogP contribution in [0, 0.1) is 0 Å². The quantitative estimate of drug-likeness (QED) is 0.363. The summed E-state index contributed by atoms with van der Waals surface area (Å²) in [5, 5.41) is 14.6. The fraction of sp³-hybridized carbons (Fsp3) is 0.500. The van der Waals surface area contributed by atoms with E-state index in [1.54, 1.807) is 47.1 Å². The zero-order valence-corrected chi connectivity index (χ0v) is 22.7. The van der Waals surface area contributed by atoms with Gasteiger partial charge in [-0.3, -0.25) is 9.36 Å². The van der Waals surface area contributed by atoms with E-state index in [0.717, 1.165) is 0 Å². The van der Waals surface area contributed by atoms with Gasteiger partial charge in [0.1, 0.15) is 17.7 Å². The summed E-state index contributed by atoms with van der Waals surface area (Å²) in [5.74, 6) is 0.193. The van der Waals surface area contributed by atoms with Gasteiger partial charge in [-0.15, -0.1) is 0 Å². The predicted molar refractivity (Wildman–Crippen MR) is 146 cm³/mol. The molecule has 5 rings (SSSR count). The summed E-state index contributed by atoms with van der Waals surface area (Å²) < 4.78 is 35.0. The summed E-state index contributed by atoms with van der Waals surface area (Å²) >= 11 is 0. The Morgan fingerprint density at radius 3 is 2.39 bits per heavy atom. The number of aliphatic hydroxyl groups excluding tert-OH is 1. The minimum atomic E-state index is -2.84. The molecule has 1 atom stereocenters. The lowest BCUT2D eigenvalue weighted by molar-refractivity contribution is -0.133. The Balaban J connectivity index is 1.39. The molecule has 0 aliphatic carbocycles. The molecule has 0 saturated carbocycles. The first-order chi connectivity index (χ1) is 19.9. The van der Waals surface area contributed by atoms with E-state index in [1.165, 1.54) is 4.57 Å². The number of amides is 3. The van der Waals surface area contributed by atoms with Crippen LogP contribution in [-0.4, -0.2) is 118 Å². The van der Waals surface area contributed by atoms with Crippen molar-refractivity contribution in [2.75, 3.05) is 75.9 Å². The first kappa shape index (κ1) is 28.4. The number of anilines is 2. The van der Waals surface area contributed by atoms with E-state index in [4.69, 9.17) is 9.84 Å². The second-order valence-corrected chi connectivity index (χ2v) is 9.74. The molecule has 2 fully saturated rings. The number of fused-ring (bicyclic) bond motifs is 1. The lowest BCUT2D eigenvalue weighted by Crippen LogP contribution is -2.55. The van der Waals surface area contributed by atoms with Gasteiger partial charge in [0.2, 0.25) is 11.9 Å². The van der Waals surface area contributed by atoms with Crippen LogP contribution in [0.5, 0.6) is 0 Å². The lowest BCUT2D eigenvalue weighted by atomic mass is 10.2. The van der Waals surface area contributed by atoms with Gasteiger partial charge in [0, 0.05) is 51.9 Å². The Morgan fingerprint density at radius 1 is 1.00 bits per heavy atom. The molecule has 2 aliphatic rings. The van der Waals surface area contributed by atoms with Gasteiger partial charge in [-0.05, 0) is 19.1 Å². The largest absolute Gasteiger partial charge is 0.395 e. The molecule has 0 bridgehead atoms. The highest BCUT2D eigenvalue weighted by Gasteiger charge is 2.28. The molecule has 41 heavy (non-hydrogen) atoms. The van der Waals surface area contributed by atoms with Crippen LogP contribution in [-0.2, 0) is 9.53 Å². The van der Waals surface area contributed by atoms with Crippen LogP contribution < -0.4 is 15.5 Å². The predicted octanol–water partition coefficient (Wildman–Crippen LogP) is 1.24. The number of carbonyl (C=O) groups is 2.